The first-order chi connectivity index (χ1) is 9.25. The summed E-state index contributed by atoms with van der Waals surface area (Å²) in [6.45, 7) is 6.66. The summed E-state index contributed by atoms with van der Waals surface area (Å²) >= 11 is 0. The van der Waals surface area contributed by atoms with E-state index in [0.29, 0.717) is 4.48 Å². The van der Waals surface area contributed by atoms with Crippen molar-refractivity contribution in [1.29, 1.82) is 0 Å². The molecule has 0 unspecified atom stereocenters. The Kier molecular flexibility index (Phi) is 9.11. The zero-order chi connectivity index (χ0) is 15.6. The summed E-state index contributed by atoms with van der Waals surface area (Å²) in [7, 11) is 3.97. The number of aliphatic carboxylic acids is 1. The number of hydrogen-bond donors (Lipinski definition) is 0. The van der Waals surface area contributed by atoms with Gasteiger partial charge < -0.3 is 14.4 Å². The molecule has 0 fully saturated rings. The maximum absolute atomic E-state index is 11.2. The molecule has 0 saturated carbocycles. The number of rotatable bonds is 12. The van der Waals surface area contributed by atoms with Gasteiger partial charge in [-0.15, -0.1) is 0 Å². The summed E-state index contributed by atoms with van der Waals surface area (Å²) in [5, 5.41) is 11.2. The van der Waals surface area contributed by atoms with Gasteiger partial charge in [-0.3, -0.25) is 0 Å². The fourth-order valence-corrected chi connectivity index (χ4v) is 2.34. The molecule has 0 aliphatic rings. The normalized spacial score (nSPS) is 12.7. The summed E-state index contributed by atoms with van der Waals surface area (Å²) in [6, 6.07) is 0. The molecule has 20 heavy (non-hydrogen) atoms. The van der Waals surface area contributed by atoms with Crippen LogP contribution in [-0.4, -0.2) is 36.6 Å². The lowest BCUT2D eigenvalue weighted by atomic mass is 9.99. The highest BCUT2D eigenvalue weighted by Crippen LogP contribution is 2.21. The standard InChI is InChI=1S/C17H35NO2/c1-6-7-8-9-10-11-12-13-14-15-18(4,5)17(2,3)16(19)20/h6-15H2,1-5H3. The van der Waals surface area contributed by atoms with Crippen molar-refractivity contribution in [2.75, 3.05) is 20.6 Å². The van der Waals surface area contributed by atoms with Crippen molar-refractivity contribution in [2.45, 2.75) is 84.1 Å². The van der Waals surface area contributed by atoms with E-state index in [0.717, 1.165) is 13.0 Å². The summed E-state index contributed by atoms with van der Waals surface area (Å²) in [5.74, 6) is -0.960. The maximum atomic E-state index is 11.2. The molecule has 3 nitrogen and oxygen atoms in total. The van der Waals surface area contributed by atoms with Gasteiger partial charge in [0.2, 0.25) is 0 Å². The Bertz CT molecular complexity index is 272. The van der Waals surface area contributed by atoms with Gasteiger partial charge in [0.25, 0.3) is 0 Å². The molecule has 0 aliphatic carbocycles. The topological polar surface area (TPSA) is 40.1 Å². The Hall–Kier alpha value is -0.570. The third-order valence-electron chi connectivity index (χ3n) is 4.83. The number of quaternary nitrogens is 1. The second-order valence-corrected chi connectivity index (χ2v) is 7.08. The van der Waals surface area contributed by atoms with Crippen LogP contribution in [0.4, 0.5) is 0 Å². The molecule has 0 amide bonds. The summed E-state index contributed by atoms with van der Waals surface area (Å²) in [6.07, 6.45) is 11.7. The predicted molar refractivity (Wildman–Crippen MR) is 83.3 cm³/mol. The molecule has 0 heterocycles. The van der Waals surface area contributed by atoms with Crippen molar-refractivity contribution in [3.05, 3.63) is 0 Å². The van der Waals surface area contributed by atoms with Crippen LogP contribution in [0.2, 0.25) is 0 Å². The van der Waals surface area contributed by atoms with Crippen LogP contribution >= 0.6 is 0 Å². The molecular formula is C17H35NO2. The maximum Gasteiger partial charge on any atom is 0.133 e. The molecule has 0 aromatic rings. The number of carboxylic acids is 1. The summed E-state index contributed by atoms with van der Waals surface area (Å²) < 4.78 is 0.492. The van der Waals surface area contributed by atoms with Crippen LogP contribution in [0.25, 0.3) is 0 Å². The monoisotopic (exact) mass is 285 g/mol. The Morgan fingerprint density at radius 3 is 1.70 bits per heavy atom. The lowest BCUT2D eigenvalue weighted by molar-refractivity contribution is -0.930. The lowest BCUT2D eigenvalue weighted by Crippen LogP contribution is -2.64. The van der Waals surface area contributed by atoms with Gasteiger partial charge >= 0.3 is 0 Å². The Morgan fingerprint density at radius 1 is 0.900 bits per heavy atom. The van der Waals surface area contributed by atoms with Crippen LogP contribution in [0.1, 0.15) is 78.6 Å². The molecule has 0 radical (unpaired) electrons. The highest BCUT2D eigenvalue weighted by atomic mass is 16.4. The van der Waals surface area contributed by atoms with E-state index in [1.54, 1.807) is 13.8 Å². The molecule has 0 spiro atoms. The zero-order valence-corrected chi connectivity index (χ0v) is 14.3. The number of nitrogens with zero attached hydrogens (tertiary/aromatic N) is 1. The van der Waals surface area contributed by atoms with Crippen LogP contribution in [-0.2, 0) is 4.79 Å². The summed E-state index contributed by atoms with van der Waals surface area (Å²) in [5.41, 5.74) is -0.819. The highest BCUT2D eigenvalue weighted by molar-refractivity contribution is 5.73. The van der Waals surface area contributed by atoms with Gasteiger partial charge in [-0.05, 0) is 26.7 Å². The Morgan fingerprint density at radius 2 is 1.30 bits per heavy atom. The van der Waals surface area contributed by atoms with Crippen LogP contribution in [0, 0.1) is 0 Å². The number of likely N-dealkylation sites (N-methyl/N-ethyl adjacent to an activating group) is 1. The number of carbonyl (C=O) groups excluding carboxylic acids is 1. The Balaban J connectivity index is 3.71. The van der Waals surface area contributed by atoms with E-state index in [2.05, 4.69) is 6.92 Å². The van der Waals surface area contributed by atoms with E-state index < -0.39 is 11.5 Å². The third-order valence-corrected chi connectivity index (χ3v) is 4.83. The number of unbranched alkanes of at least 4 members (excludes halogenated alkanes) is 8. The minimum Gasteiger partial charge on any atom is -0.544 e. The van der Waals surface area contributed by atoms with E-state index in [-0.39, 0.29) is 0 Å². The molecule has 0 N–H and O–H groups in total. The SMILES string of the molecule is CCCCCCCCCCC[N+](C)(C)C(C)(C)C(=O)[O-]. The van der Waals surface area contributed by atoms with E-state index in [1.807, 2.05) is 14.1 Å². The van der Waals surface area contributed by atoms with Crippen LogP contribution in [0.3, 0.4) is 0 Å². The number of carboxylic acid groups (broad SMARTS) is 1. The molecule has 120 valence electrons. The Labute approximate surface area is 126 Å². The van der Waals surface area contributed by atoms with Crippen molar-refractivity contribution in [2.24, 2.45) is 0 Å². The largest absolute Gasteiger partial charge is 0.544 e. The quantitative estimate of drug-likeness (QED) is 0.408. The van der Waals surface area contributed by atoms with Crippen LogP contribution in [0.5, 0.6) is 0 Å². The van der Waals surface area contributed by atoms with Crippen LogP contribution < -0.4 is 5.11 Å². The molecule has 0 bridgehead atoms. The van der Waals surface area contributed by atoms with Crippen molar-refractivity contribution in [3.8, 4) is 0 Å². The van der Waals surface area contributed by atoms with E-state index in [4.69, 9.17) is 0 Å². The minimum atomic E-state index is -0.960. The molecule has 0 rings (SSSR count). The number of hydrogen-bond acceptors (Lipinski definition) is 2. The van der Waals surface area contributed by atoms with Crippen molar-refractivity contribution < 1.29 is 14.4 Å². The molecular weight excluding hydrogens is 250 g/mol. The minimum absolute atomic E-state index is 0.492. The van der Waals surface area contributed by atoms with Gasteiger partial charge in [0.15, 0.2) is 0 Å². The van der Waals surface area contributed by atoms with Gasteiger partial charge in [0, 0.05) is 0 Å². The molecule has 0 aliphatic heterocycles. The van der Waals surface area contributed by atoms with E-state index in [9.17, 15) is 9.90 Å². The average Bonchev–Trinajstić information content (AvgIpc) is 2.36. The summed E-state index contributed by atoms with van der Waals surface area (Å²) in [4.78, 5) is 11.2. The fourth-order valence-electron chi connectivity index (χ4n) is 2.34. The van der Waals surface area contributed by atoms with E-state index in [1.165, 1.54) is 51.4 Å². The molecule has 3 heteroatoms. The zero-order valence-electron chi connectivity index (χ0n) is 14.3. The first-order valence-electron chi connectivity index (χ1n) is 8.30. The van der Waals surface area contributed by atoms with E-state index >= 15 is 0 Å². The van der Waals surface area contributed by atoms with Crippen molar-refractivity contribution >= 4 is 5.97 Å². The molecule has 0 aromatic heterocycles. The second kappa shape index (κ2) is 9.38. The third kappa shape index (κ3) is 6.74. The molecule has 0 atom stereocenters. The van der Waals surface area contributed by atoms with Gasteiger partial charge in [-0.1, -0.05) is 51.9 Å². The highest BCUT2D eigenvalue weighted by Gasteiger charge is 2.37. The average molecular weight is 285 g/mol. The fraction of sp³-hybridized carbons (Fsp3) is 0.941. The van der Waals surface area contributed by atoms with Crippen molar-refractivity contribution in [1.82, 2.24) is 0 Å². The molecule has 0 saturated heterocycles. The smallest absolute Gasteiger partial charge is 0.133 e. The van der Waals surface area contributed by atoms with Gasteiger partial charge in [-0.2, -0.15) is 0 Å². The van der Waals surface area contributed by atoms with Gasteiger partial charge in [0.1, 0.15) is 11.5 Å². The predicted octanol–water partition coefficient (Wildman–Crippen LogP) is 3.12. The molecule has 0 aromatic carbocycles. The van der Waals surface area contributed by atoms with Gasteiger partial charge in [-0.25, -0.2) is 0 Å². The number of carbonyl (C=O) groups is 1. The first-order valence-corrected chi connectivity index (χ1v) is 8.30. The van der Waals surface area contributed by atoms with Crippen molar-refractivity contribution in [3.63, 3.8) is 0 Å². The second-order valence-electron chi connectivity index (χ2n) is 7.08. The first kappa shape index (κ1) is 19.4. The van der Waals surface area contributed by atoms with Gasteiger partial charge in [0.05, 0.1) is 20.6 Å². The lowest BCUT2D eigenvalue weighted by Gasteiger charge is -2.45. The van der Waals surface area contributed by atoms with Crippen LogP contribution in [0.15, 0.2) is 0 Å².